The Bertz CT molecular complexity index is 760. The van der Waals surface area contributed by atoms with E-state index in [4.69, 9.17) is 0 Å². The van der Waals surface area contributed by atoms with Crippen LogP contribution in [0.4, 0.5) is 0 Å². The molecular weight excluding hydrogens is 296 g/mol. The zero-order valence-corrected chi connectivity index (χ0v) is 13.2. The maximum absolute atomic E-state index is 12.5. The van der Waals surface area contributed by atoms with Gasteiger partial charge in [-0.15, -0.1) is 5.10 Å². The van der Waals surface area contributed by atoms with Crippen LogP contribution in [0.2, 0.25) is 0 Å². The Morgan fingerprint density at radius 1 is 1.35 bits per heavy atom. The Hall–Kier alpha value is -2.44. The number of aryl methyl sites for hydroxylation is 1. The van der Waals surface area contributed by atoms with Crippen LogP contribution < -0.4 is 5.32 Å². The summed E-state index contributed by atoms with van der Waals surface area (Å²) in [6, 6.07) is 5.07. The van der Waals surface area contributed by atoms with Gasteiger partial charge in [0, 0.05) is 12.6 Å². The zero-order valence-electron chi connectivity index (χ0n) is 13.2. The maximum Gasteiger partial charge on any atom is 0.329 e. The van der Waals surface area contributed by atoms with Gasteiger partial charge >= 0.3 is 5.97 Å². The molecule has 2 N–H and O–H groups in total. The molecule has 7 heteroatoms. The van der Waals surface area contributed by atoms with Gasteiger partial charge in [0.15, 0.2) is 0 Å². The molecule has 0 aliphatic heterocycles. The fourth-order valence-electron chi connectivity index (χ4n) is 3.12. The van der Waals surface area contributed by atoms with Crippen LogP contribution in [0.1, 0.15) is 43.0 Å². The molecule has 0 saturated heterocycles. The van der Waals surface area contributed by atoms with Crippen LogP contribution in [0.15, 0.2) is 18.2 Å². The molecule has 0 unspecified atom stereocenters. The number of carbonyl (C=O) groups is 2. The van der Waals surface area contributed by atoms with Gasteiger partial charge < -0.3 is 10.4 Å². The van der Waals surface area contributed by atoms with E-state index in [2.05, 4.69) is 22.6 Å². The third-order valence-electron chi connectivity index (χ3n) is 4.76. The molecule has 122 valence electrons. The van der Waals surface area contributed by atoms with Gasteiger partial charge in [0.1, 0.15) is 11.1 Å². The molecule has 1 heterocycles. The Balaban J connectivity index is 1.84. The topological polar surface area (TPSA) is 97.1 Å². The Morgan fingerprint density at radius 2 is 2.04 bits per heavy atom. The SMILES string of the molecule is CC1CCC(NC(=O)c2ccc3c(c2)nnn3C)(C(=O)O)CC1. The highest BCUT2D eigenvalue weighted by Gasteiger charge is 2.42. The quantitative estimate of drug-likeness (QED) is 0.899. The van der Waals surface area contributed by atoms with Crippen LogP contribution in [-0.2, 0) is 11.8 Å². The first-order chi connectivity index (χ1) is 10.9. The van der Waals surface area contributed by atoms with E-state index in [1.54, 1.807) is 29.9 Å². The molecule has 3 rings (SSSR count). The van der Waals surface area contributed by atoms with Crippen molar-refractivity contribution in [2.75, 3.05) is 0 Å². The van der Waals surface area contributed by atoms with Gasteiger partial charge in [-0.05, 0) is 49.8 Å². The van der Waals surface area contributed by atoms with Crippen molar-refractivity contribution in [1.82, 2.24) is 20.3 Å². The molecule has 1 aromatic carbocycles. The lowest BCUT2D eigenvalue weighted by Gasteiger charge is -2.36. The molecular formula is C16H20N4O3. The van der Waals surface area contributed by atoms with Gasteiger partial charge in [0.25, 0.3) is 5.91 Å². The van der Waals surface area contributed by atoms with Crippen LogP contribution >= 0.6 is 0 Å². The number of aromatic nitrogens is 3. The molecule has 23 heavy (non-hydrogen) atoms. The van der Waals surface area contributed by atoms with Crippen molar-refractivity contribution in [1.29, 1.82) is 0 Å². The monoisotopic (exact) mass is 316 g/mol. The van der Waals surface area contributed by atoms with Crippen molar-refractivity contribution in [2.24, 2.45) is 13.0 Å². The van der Waals surface area contributed by atoms with E-state index in [1.165, 1.54) is 0 Å². The summed E-state index contributed by atoms with van der Waals surface area (Å²) < 4.78 is 1.62. The van der Waals surface area contributed by atoms with Gasteiger partial charge in [-0.3, -0.25) is 4.79 Å². The standard InChI is InChI=1S/C16H20N4O3/c1-10-5-7-16(8-6-10,15(22)23)17-14(21)11-3-4-13-12(9-11)18-19-20(13)2/h3-4,9-10H,5-8H2,1-2H3,(H,17,21)(H,22,23). The highest BCUT2D eigenvalue weighted by Crippen LogP contribution is 2.32. The second-order valence-electron chi connectivity index (χ2n) is 6.44. The van der Waals surface area contributed by atoms with Crippen LogP contribution in [-0.4, -0.2) is 37.5 Å². The molecule has 0 atom stereocenters. The molecule has 1 amide bonds. The lowest BCUT2D eigenvalue weighted by atomic mass is 9.77. The van der Waals surface area contributed by atoms with E-state index >= 15 is 0 Å². The van der Waals surface area contributed by atoms with Crippen LogP contribution in [0.3, 0.4) is 0 Å². The molecule has 1 aliphatic rings. The first-order valence-electron chi connectivity index (χ1n) is 7.77. The second-order valence-corrected chi connectivity index (χ2v) is 6.44. The number of carbonyl (C=O) groups excluding carboxylic acids is 1. The highest BCUT2D eigenvalue weighted by molar-refractivity contribution is 6.00. The van der Waals surface area contributed by atoms with Crippen LogP contribution in [0, 0.1) is 5.92 Å². The first kappa shape index (κ1) is 15.5. The van der Waals surface area contributed by atoms with Crippen molar-refractivity contribution in [3.63, 3.8) is 0 Å². The number of fused-ring (bicyclic) bond motifs is 1. The van der Waals surface area contributed by atoms with E-state index in [-0.39, 0.29) is 5.91 Å². The zero-order chi connectivity index (χ0) is 16.6. The van der Waals surface area contributed by atoms with Crippen molar-refractivity contribution in [2.45, 2.75) is 38.1 Å². The minimum absolute atomic E-state index is 0.380. The van der Waals surface area contributed by atoms with Gasteiger partial charge in [0.05, 0.1) is 5.52 Å². The van der Waals surface area contributed by atoms with Crippen molar-refractivity contribution >= 4 is 22.9 Å². The molecule has 0 bridgehead atoms. The molecule has 0 spiro atoms. The van der Waals surface area contributed by atoms with Crippen LogP contribution in [0.25, 0.3) is 11.0 Å². The molecule has 1 aromatic heterocycles. The minimum atomic E-state index is -1.17. The van der Waals surface area contributed by atoms with Crippen LogP contribution in [0.5, 0.6) is 0 Å². The molecule has 2 aromatic rings. The summed E-state index contributed by atoms with van der Waals surface area (Å²) >= 11 is 0. The predicted octanol–water partition coefficient (Wildman–Crippen LogP) is 1.73. The fourth-order valence-corrected chi connectivity index (χ4v) is 3.12. The Morgan fingerprint density at radius 3 is 2.70 bits per heavy atom. The molecule has 1 fully saturated rings. The fraction of sp³-hybridized carbons (Fsp3) is 0.500. The highest BCUT2D eigenvalue weighted by atomic mass is 16.4. The first-order valence-corrected chi connectivity index (χ1v) is 7.77. The van der Waals surface area contributed by atoms with E-state index in [0.29, 0.717) is 29.8 Å². The smallest absolute Gasteiger partial charge is 0.329 e. The summed E-state index contributed by atoms with van der Waals surface area (Å²) in [5, 5.41) is 20.2. The number of carboxylic acid groups (broad SMARTS) is 1. The molecule has 1 saturated carbocycles. The number of hydrogen-bond donors (Lipinski definition) is 2. The number of rotatable bonds is 3. The Kier molecular flexibility index (Phi) is 3.79. The molecule has 7 nitrogen and oxygen atoms in total. The van der Waals surface area contributed by atoms with E-state index < -0.39 is 11.5 Å². The number of benzene rings is 1. The van der Waals surface area contributed by atoms with Crippen molar-refractivity contribution in [3.8, 4) is 0 Å². The summed E-state index contributed by atoms with van der Waals surface area (Å²) in [7, 11) is 1.78. The summed E-state index contributed by atoms with van der Waals surface area (Å²) in [6.45, 7) is 2.11. The normalized spacial score (nSPS) is 24.5. The van der Waals surface area contributed by atoms with Gasteiger partial charge in [-0.25, -0.2) is 9.48 Å². The van der Waals surface area contributed by atoms with E-state index in [1.807, 2.05) is 0 Å². The average Bonchev–Trinajstić information content (AvgIpc) is 2.90. The number of hydrogen-bond acceptors (Lipinski definition) is 4. The van der Waals surface area contributed by atoms with Crippen molar-refractivity contribution < 1.29 is 14.7 Å². The van der Waals surface area contributed by atoms with E-state index in [0.717, 1.165) is 18.4 Å². The minimum Gasteiger partial charge on any atom is -0.480 e. The summed E-state index contributed by atoms with van der Waals surface area (Å²) in [5.41, 5.74) is 0.668. The molecule has 0 radical (unpaired) electrons. The summed E-state index contributed by atoms with van der Waals surface area (Å²) in [5.74, 6) is -0.844. The lowest BCUT2D eigenvalue weighted by Crippen LogP contribution is -2.56. The number of amides is 1. The largest absolute Gasteiger partial charge is 0.480 e. The van der Waals surface area contributed by atoms with E-state index in [9.17, 15) is 14.7 Å². The maximum atomic E-state index is 12.5. The van der Waals surface area contributed by atoms with Gasteiger partial charge in [0.2, 0.25) is 0 Å². The second kappa shape index (κ2) is 5.64. The summed E-state index contributed by atoms with van der Waals surface area (Å²) in [4.78, 5) is 24.3. The number of carboxylic acids is 1. The third-order valence-corrected chi connectivity index (χ3v) is 4.76. The van der Waals surface area contributed by atoms with Gasteiger partial charge in [-0.2, -0.15) is 0 Å². The Labute approximate surface area is 133 Å². The summed E-state index contributed by atoms with van der Waals surface area (Å²) in [6.07, 6.45) is 2.52. The van der Waals surface area contributed by atoms with Gasteiger partial charge in [-0.1, -0.05) is 12.1 Å². The number of nitrogens with zero attached hydrogens (tertiary/aromatic N) is 3. The predicted molar refractivity (Wildman–Crippen MR) is 84.0 cm³/mol. The molecule has 1 aliphatic carbocycles. The third kappa shape index (κ3) is 2.78. The lowest BCUT2D eigenvalue weighted by molar-refractivity contribution is -0.146. The number of aliphatic carboxylic acids is 1. The number of nitrogens with one attached hydrogen (secondary N) is 1. The van der Waals surface area contributed by atoms with Crippen molar-refractivity contribution in [3.05, 3.63) is 23.8 Å². The average molecular weight is 316 g/mol.